The van der Waals surface area contributed by atoms with Gasteiger partial charge in [0, 0.05) is 16.3 Å². The van der Waals surface area contributed by atoms with E-state index in [1.165, 1.54) is 36.4 Å². The Morgan fingerprint density at radius 2 is 1.86 bits per heavy atom. The SMILES string of the molecule is N/N=C(\c1cc(Cl)ccc1O)c1nc2nonc2nc1Nc1ccc(F)c(Cl)c1. The molecule has 4 rings (SSSR count). The molecule has 0 unspecified atom stereocenters. The molecule has 146 valence electrons. The van der Waals surface area contributed by atoms with Crippen LogP contribution in [0.25, 0.3) is 11.3 Å². The number of nitrogens with zero attached hydrogens (tertiary/aromatic N) is 5. The highest BCUT2D eigenvalue weighted by Gasteiger charge is 2.22. The third-order valence-corrected chi connectivity index (χ3v) is 4.39. The van der Waals surface area contributed by atoms with Gasteiger partial charge in [-0.25, -0.2) is 19.0 Å². The van der Waals surface area contributed by atoms with Crippen molar-refractivity contribution in [3.8, 4) is 5.75 Å². The first-order valence-electron chi connectivity index (χ1n) is 7.96. The van der Waals surface area contributed by atoms with Gasteiger partial charge in [-0.05, 0) is 46.7 Å². The molecule has 0 atom stereocenters. The Balaban J connectivity index is 1.89. The number of benzene rings is 2. The van der Waals surface area contributed by atoms with Crippen LogP contribution in [0, 0.1) is 5.82 Å². The number of hydrogen-bond donors (Lipinski definition) is 3. The van der Waals surface area contributed by atoms with Gasteiger partial charge in [0.1, 0.15) is 23.0 Å². The van der Waals surface area contributed by atoms with Crippen molar-refractivity contribution in [1.82, 2.24) is 20.3 Å². The second-order valence-corrected chi connectivity index (χ2v) is 6.57. The van der Waals surface area contributed by atoms with Crippen LogP contribution in [0.1, 0.15) is 11.3 Å². The van der Waals surface area contributed by atoms with E-state index in [0.717, 1.165) is 0 Å². The van der Waals surface area contributed by atoms with E-state index in [1.54, 1.807) is 0 Å². The number of nitrogens with one attached hydrogen (secondary N) is 1. The van der Waals surface area contributed by atoms with Crippen LogP contribution in [0.3, 0.4) is 0 Å². The van der Waals surface area contributed by atoms with E-state index < -0.39 is 5.82 Å². The van der Waals surface area contributed by atoms with E-state index in [1.807, 2.05) is 0 Å². The Morgan fingerprint density at radius 1 is 1.10 bits per heavy atom. The summed E-state index contributed by atoms with van der Waals surface area (Å²) in [6.45, 7) is 0. The van der Waals surface area contributed by atoms with Gasteiger partial charge in [-0.15, -0.1) is 0 Å². The lowest BCUT2D eigenvalue weighted by atomic mass is 10.1. The van der Waals surface area contributed by atoms with Crippen LogP contribution >= 0.6 is 23.2 Å². The topological polar surface area (TPSA) is 135 Å². The highest BCUT2D eigenvalue weighted by Crippen LogP contribution is 2.29. The number of fused-ring (bicyclic) bond motifs is 1. The van der Waals surface area contributed by atoms with Crippen molar-refractivity contribution in [2.75, 3.05) is 5.32 Å². The maximum absolute atomic E-state index is 13.5. The molecule has 12 heteroatoms. The average molecular weight is 434 g/mol. The molecule has 0 radical (unpaired) electrons. The standard InChI is InChI=1S/C17H10Cl2FN7O2/c18-7-1-4-12(28)9(5-7)13(25-21)14-15(24-17-16(23-14)26-29-27-17)22-8-2-3-11(20)10(19)6-8/h1-6,28H,21H2,(H,22,24,27)/b25-13+. The van der Waals surface area contributed by atoms with Crippen LogP contribution in [0.15, 0.2) is 46.1 Å². The maximum Gasteiger partial charge on any atom is 0.245 e. The van der Waals surface area contributed by atoms with E-state index >= 15 is 0 Å². The summed E-state index contributed by atoms with van der Waals surface area (Å²) in [4.78, 5) is 8.63. The molecule has 2 aromatic carbocycles. The summed E-state index contributed by atoms with van der Waals surface area (Å²) in [6.07, 6.45) is 0. The smallest absolute Gasteiger partial charge is 0.245 e. The number of phenols is 1. The molecule has 0 aliphatic rings. The van der Waals surface area contributed by atoms with E-state index in [4.69, 9.17) is 29.0 Å². The number of aromatic nitrogens is 4. The number of phenolic OH excluding ortho intramolecular Hbond substituents is 1. The fourth-order valence-corrected chi connectivity index (χ4v) is 2.91. The number of hydrogen-bond acceptors (Lipinski definition) is 9. The first kappa shape index (κ1) is 18.8. The van der Waals surface area contributed by atoms with Crippen molar-refractivity contribution in [3.05, 3.63) is 63.5 Å². The summed E-state index contributed by atoms with van der Waals surface area (Å²) in [6, 6.07) is 8.37. The number of hydrazone groups is 1. The minimum absolute atomic E-state index is 0.0677. The monoisotopic (exact) mass is 433 g/mol. The van der Waals surface area contributed by atoms with Crippen molar-refractivity contribution < 1.29 is 14.1 Å². The van der Waals surface area contributed by atoms with Gasteiger partial charge in [0.25, 0.3) is 0 Å². The Labute approximate surface area is 171 Å². The molecular weight excluding hydrogens is 424 g/mol. The summed E-state index contributed by atoms with van der Waals surface area (Å²) in [5.74, 6) is 5.02. The Hall–Kier alpha value is -3.50. The van der Waals surface area contributed by atoms with Gasteiger partial charge in [-0.2, -0.15) is 5.10 Å². The number of aromatic hydroxyl groups is 1. The van der Waals surface area contributed by atoms with E-state index in [2.05, 4.69) is 35.3 Å². The van der Waals surface area contributed by atoms with Crippen molar-refractivity contribution in [3.63, 3.8) is 0 Å². The fraction of sp³-hybridized carbons (Fsp3) is 0. The van der Waals surface area contributed by atoms with Crippen molar-refractivity contribution in [2.24, 2.45) is 10.9 Å². The van der Waals surface area contributed by atoms with E-state index in [9.17, 15) is 9.50 Å². The minimum atomic E-state index is -0.576. The number of nitrogens with two attached hydrogens (primary N) is 1. The van der Waals surface area contributed by atoms with Gasteiger partial charge in [0.05, 0.1) is 5.02 Å². The number of halogens is 3. The van der Waals surface area contributed by atoms with Crippen LogP contribution in [0.4, 0.5) is 15.9 Å². The summed E-state index contributed by atoms with van der Waals surface area (Å²) in [5.41, 5.74) is 1.01. The molecule has 0 spiro atoms. The fourth-order valence-electron chi connectivity index (χ4n) is 2.56. The van der Waals surface area contributed by atoms with Gasteiger partial charge >= 0.3 is 0 Å². The molecule has 4 N–H and O–H groups in total. The van der Waals surface area contributed by atoms with Gasteiger partial charge < -0.3 is 16.3 Å². The molecule has 2 heterocycles. The van der Waals surface area contributed by atoms with Crippen LogP contribution < -0.4 is 11.2 Å². The van der Waals surface area contributed by atoms with E-state index in [-0.39, 0.29) is 44.9 Å². The molecular formula is C17H10Cl2FN7O2. The number of rotatable bonds is 4. The van der Waals surface area contributed by atoms with Gasteiger partial charge in [-0.3, -0.25) is 0 Å². The minimum Gasteiger partial charge on any atom is -0.507 e. The van der Waals surface area contributed by atoms with Gasteiger partial charge in [-0.1, -0.05) is 23.2 Å². The Morgan fingerprint density at radius 3 is 2.59 bits per heavy atom. The summed E-state index contributed by atoms with van der Waals surface area (Å²) in [7, 11) is 0. The third-order valence-electron chi connectivity index (χ3n) is 3.86. The van der Waals surface area contributed by atoms with Crippen LogP contribution in [0.2, 0.25) is 10.0 Å². The van der Waals surface area contributed by atoms with Crippen LogP contribution in [0.5, 0.6) is 5.75 Å². The molecule has 0 bridgehead atoms. The molecule has 2 aromatic heterocycles. The highest BCUT2D eigenvalue weighted by atomic mass is 35.5. The molecule has 0 amide bonds. The molecule has 0 fully saturated rings. The predicted octanol–water partition coefficient (Wildman–Crippen LogP) is 3.62. The van der Waals surface area contributed by atoms with Gasteiger partial charge in [0.15, 0.2) is 5.82 Å². The first-order chi connectivity index (χ1) is 14.0. The Bertz CT molecular complexity index is 1260. The molecule has 4 aromatic rings. The second-order valence-electron chi connectivity index (χ2n) is 5.73. The first-order valence-corrected chi connectivity index (χ1v) is 8.71. The molecule has 0 aliphatic heterocycles. The molecule has 0 saturated heterocycles. The zero-order chi connectivity index (χ0) is 20.5. The lowest BCUT2D eigenvalue weighted by Crippen LogP contribution is -2.13. The molecule has 0 aliphatic carbocycles. The third kappa shape index (κ3) is 3.62. The molecule has 9 nitrogen and oxygen atoms in total. The van der Waals surface area contributed by atoms with E-state index in [0.29, 0.717) is 10.7 Å². The van der Waals surface area contributed by atoms with Crippen LogP contribution in [-0.4, -0.2) is 31.1 Å². The summed E-state index contributed by atoms with van der Waals surface area (Å²) < 4.78 is 18.1. The number of anilines is 2. The zero-order valence-corrected chi connectivity index (χ0v) is 15.8. The zero-order valence-electron chi connectivity index (χ0n) is 14.3. The van der Waals surface area contributed by atoms with Gasteiger partial charge in [0.2, 0.25) is 11.3 Å². The predicted molar refractivity (Wildman–Crippen MR) is 105 cm³/mol. The lowest BCUT2D eigenvalue weighted by Gasteiger charge is -2.13. The molecule has 0 saturated carbocycles. The molecule has 29 heavy (non-hydrogen) atoms. The normalized spacial score (nSPS) is 11.8. The quantitative estimate of drug-likeness (QED) is 0.252. The lowest BCUT2D eigenvalue weighted by molar-refractivity contribution is 0.314. The van der Waals surface area contributed by atoms with Crippen LogP contribution in [-0.2, 0) is 0 Å². The highest BCUT2D eigenvalue weighted by molar-refractivity contribution is 6.31. The largest absolute Gasteiger partial charge is 0.507 e. The Kier molecular flexibility index (Phi) is 4.87. The summed E-state index contributed by atoms with van der Waals surface area (Å²) in [5, 5.41) is 24.5. The van der Waals surface area contributed by atoms with Crippen molar-refractivity contribution in [2.45, 2.75) is 0 Å². The van der Waals surface area contributed by atoms with Crippen molar-refractivity contribution >= 4 is 51.7 Å². The average Bonchev–Trinajstić information content (AvgIpc) is 3.15. The summed E-state index contributed by atoms with van der Waals surface area (Å²) >= 11 is 11.9. The second kappa shape index (κ2) is 7.49. The van der Waals surface area contributed by atoms with Crippen molar-refractivity contribution in [1.29, 1.82) is 0 Å². The maximum atomic E-state index is 13.5.